The topological polar surface area (TPSA) is 26.3 Å². The Labute approximate surface area is 136 Å². The van der Waals surface area contributed by atoms with E-state index in [1.807, 2.05) is 12.1 Å². The second-order valence-corrected chi connectivity index (χ2v) is 6.40. The summed E-state index contributed by atoms with van der Waals surface area (Å²) in [7, 11) is 0. The number of rotatable bonds is 3. The molecule has 0 radical (unpaired) electrons. The Bertz CT molecular complexity index is 673. The molecule has 2 nitrogen and oxygen atoms in total. The molecule has 0 atom stereocenters. The highest BCUT2D eigenvalue weighted by molar-refractivity contribution is 5.91. The van der Waals surface area contributed by atoms with Crippen LogP contribution >= 0.6 is 0 Å². The summed E-state index contributed by atoms with van der Waals surface area (Å²) in [5.74, 6) is 0.429. The third-order valence-electron chi connectivity index (χ3n) is 4.65. The largest absolute Gasteiger partial charge is 0.423 e. The van der Waals surface area contributed by atoms with Crippen molar-refractivity contribution in [3.8, 4) is 5.75 Å². The Morgan fingerprint density at radius 3 is 2.39 bits per heavy atom. The lowest BCUT2D eigenvalue weighted by molar-refractivity contribution is 0.0730. The van der Waals surface area contributed by atoms with Crippen molar-refractivity contribution in [2.45, 2.75) is 38.5 Å². The molecule has 0 spiro atoms. The van der Waals surface area contributed by atoms with Crippen LogP contribution in [0.2, 0.25) is 0 Å². The summed E-state index contributed by atoms with van der Waals surface area (Å²) in [6.45, 7) is 2.26. The van der Waals surface area contributed by atoms with Crippen molar-refractivity contribution >= 4 is 5.97 Å². The Morgan fingerprint density at radius 2 is 1.74 bits per heavy atom. The van der Waals surface area contributed by atoms with Gasteiger partial charge in [-0.15, -0.1) is 0 Å². The van der Waals surface area contributed by atoms with Gasteiger partial charge in [-0.1, -0.05) is 44.0 Å². The average Bonchev–Trinajstić information content (AvgIpc) is 2.56. The monoisotopic (exact) mass is 312 g/mol. The second-order valence-electron chi connectivity index (χ2n) is 6.40. The van der Waals surface area contributed by atoms with E-state index >= 15 is 0 Å². The third kappa shape index (κ3) is 3.79. The van der Waals surface area contributed by atoms with Crippen molar-refractivity contribution < 1.29 is 13.9 Å². The maximum atomic E-state index is 14.3. The summed E-state index contributed by atoms with van der Waals surface area (Å²) in [5, 5.41) is 0. The number of benzene rings is 2. The van der Waals surface area contributed by atoms with Crippen LogP contribution in [0.5, 0.6) is 5.75 Å². The molecule has 1 fully saturated rings. The van der Waals surface area contributed by atoms with Crippen LogP contribution in [0.25, 0.3) is 0 Å². The molecule has 0 heterocycles. The minimum atomic E-state index is -0.655. The van der Waals surface area contributed by atoms with Crippen molar-refractivity contribution in [3.05, 3.63) is 65.5 Å². The zero-order valence-electron chi connectivity index (χ0n) is 13.3. The molecule has 1 saturated carbocycles. The first kappa shape index (κ1) is 15.7. The Balaban J connectivity index is 1.73. The molecule has 3 heteroatoms. The Morgan fingerprint density at radius 1 is 1.04 bits per heavy atom. The zero-order valence-corrected chi connectivity index (χ0v) is 13.3. The zero-order chi connectivity index (χ0) is 16.2. The van der Waals surface area contributed by atoms with Gasteiger partial charge in [0.05, 0.1) is 5.56 Å². The standard InChI is InChI=1S/C20H21FO2/c1-14-7-9-15(10-8-14)16-11-12-18(19(21)13-16)20(22)23-17-5-3-2-4-6-17/h2-6,11-15H,7-10H2,1H3. The predicted octanol–water partition coefficient (Wildman–Crippen LogP) is 5.34. The molecule has 23 heavy (non-hydrogen) atoms. The van der Waals surface area contributed by atoms with Crippen molar-refractivity contribution in [1.82, 2.24) is 0 Å². The van der Waals surface area contributed by atoms with E-state index in [0.717, 1.165) is 24.3 Å². The SMILES string of the molecule is CC1CCC(c2ccc(C(=O)Oc3ccccc3)c(F)c2)CC1. The van der Waals surface area contributed by atoms with Gasteiger partial charge in [0.15, 0.2) is 0 Å². The molecule has 0 unspecified atom stereocenters. The molecular formula is C20H21FO2. The molecule has 2 aromatic carbocycles. The maximum absolute atomic E-state index is 14.3. The van der Waals surface area contributed by atoms with Gasteiger partial charge in [-0.05, 0) is 54.5 Å². The number of ether oxygens (including phenoxy) is 1. The number of carbonyl (C=O) groups is 1. The molecule has 0 amide bonds. The number of esters is 1. The lowest BCUT2D eigenvalue weighted by Gasteiger charge is -2.26. The van der Waals surface area contributed by atoms with Crippen LogP contribution in [0.15, 0.2) is 48.5 Å². The highest BCUT2D eigenvalue weighted by Gasteiger charge is 2.22. The molecule has 1 aliphatic carbocycles. The number of para-hydroxylation sites is 1. The predicted molar refractivity (Wildman–Crippen MR) is 88.2 cm³/mol. The van der Waals surface area contributed by atoms with E-state index in [0.29, 0.717) is 11.7 Å². The Hall–Kier alpha value is -2.16. The molecule has 2 aromatic rings. The number of halogens is 1. The van der Waals surface area contributed by atoms with Crippen LogP contribution in [0, 0.1) is 11.7 Å². The second kappa shape index (κ2) is 6.95. The van der Waals surface area contributed by atoms with Crippen LogP contribution in [-0.2, 0) is 0 Å². The first-order valence-electron chi connectivity index (χ1n) is 8.20. The van der Waals surface area contributed by atoms with E-state index < -0.39 is 11.8 Å². The number of carbonyl (C=O) groups excluding carboxylic acids is 1. The number of hydrogen-bond donors (Lipinski definition) is 0. The summed E-state index contributed by atoms with van der Waals surface area (Å²) in [6.07, 6.45) is 4.55. The molecule has 1 aliphatic rings. The highest BCUT2D eigenvalue weighted by Crippen LogP contribution is 2.36. The summed E-state index contributed by atoms with van der Waals surface area (Å²) in [4.78, 5) is 12.1. The molecule has 0 N–H and O–H groups in total. The molecule has 0 aliphatic heterocycles. The van der Waals surface area contributed by atoms with Crippen molar-refractivity contribution in [2.24, 2.45) is 5.92 Å². The minimum Gasteiger partial charge on any atom is -0.423 e. The summed E-state index contributed by atoms with van der Waals surface area (Å²) in [6, 6.07) is 13.6. The Kier molecular flexibility index (Phi) is 4.75. The first-order valence-corrected chi connectivity index (χ1v) is 8.20. The lowest BCUT2D eigenvalue weighted by Crippen LogP contribution is -2.13. The van der Waals surface area contributed by atoms with Gasteiger partial charge >= 0.3 is 5.97 Å². The summed E-state index contributed by atoms with van der Waals surface area (Å²) >= 11 is 0. The van der Waals surface area contributed by atoms with Gasteiger partial charge in [0.2, 0.25) is 0 Å². The molecule has 0 bridgehead atoms. The van der Waals surface area contributed by atoms with E-state index in [-0.39, 0.29) is 5.56 Å². The smallest absolute Gasteiger partial charge is 0.346 e. The van der Waals surface area contributed by atoms with Crippen LogP contribution in [0.1, 0.15) is 54.4 Å². The quantitative estimate of drug-likeness (QED) is 0.565. The van der Waals surface area contributed by atoms with Gasteiger partial charge in [0.25, 0.3) is 0 Å². The molecule has 0 saturated heterocycles. The van der Waals surface area contributed by atoms with E-state index in [1.165, 1.54) is 18.9 Å². The number of hydrogen-bond acceptors (Lipinski definition) is 2. The first-order chi connectivity index (χ1) is 11.1. The highest BCUT2D eigenvalue weighted by atomic mass is 19.1. The van der Waals surface area contributed by atoms with Crippen molar-refractivity contribution in [1.29, 1.82) is 0 Å². The summed E-state index contributed by atoms with van der Waals surface area (Å²) in [5.41, 5.74) is 0.979. The van der Waals surface area contributed by atoms with E-state index in [4.69, 9.17) is 4.74 Å². The maximum Gasteiger partial charge on any atom is 0.346 e. The third-order valence-corrected chi connectivity index (χ3v) is 4.65. The fourth-order valence-corrected chi connectivity index (χ4v) is 3.19. The summed E-state index contributed by atoms with van der Waals surface area (Å²) < 4.78 is 19.5. The molecule has 3 rings (SSSR count). The average molecular weight is 312 g/mol. The lowest BCUT2D eigenvalue weighted by atomic mass is 9.79. The fourth-order valence-electron chi connectivity index (χ4n) is 3.19. The fraction of sp³-hybridized carbons (Fsp3) is 0.350. The van der Waals surface area contributed by atoms with Crippen molar-refractivity contribution in [2.75, 3.05) is 0 Å². The molecular weight excluding hydrogens is 291 g/mol. The normalized spacial score (nSPS) is 21.0. The minimum absolute atomic E-state index is 0.0122. The van der Waals surface area contributed by atoms with Gasteiger partial charge in [0.1, 0.15) is 11.6 Å². The van der Waals surface area contributed by atoms with Gasteiger partial charge in [-0.25, -0.2) is 9.18 Å². The molecule has 120 valence electrons. The van der Waals surface area contributed by atoms with Crippen LogP contribution in [0.4, 0.5) is 4.39 Å². The van der Waals surface area contributed by atoms with E-state index in [9.17, 15) is 9.18 Å². The van der Waals surface area contributed by atoms with Crippen molar-refractivity contribution in [3.63, 3.8) is 0 Å². The van der Waals surface area contributed by atoms with Gasteiger partial charge < -0.3 is 4.74 Å². The van der Waals surface area contributed by atoms with Gasteiger partial charge in [0, 0.05) is 0 Å². The van der Waals surface area contributed by atoms with Crippen LogP contribution in [-0.4, -0.2) is 5.97 Å². The van der Waals surface area contributed by atoms with E-state index in [1.54, 1.807) is 30.3 Å². The van der Waals surface area contributed by atoms with Gasteiger partial charge in [-0.3, -0.25) is 0 Å². The van der Waals surface area contributed by atoms with Crippen LogP contribution in [0.3, 0.4) is 0 Å². The van der Waals surface area contributed by atoms with Gasteiger partial charge in [-0.2, -0.15) is 0 Å². The molecule has 0 aromatic heterocycles. The van der Waals surface area contributed by atoms with Crippen LogP contribution < -0.4 is 4.74 Å². The van der Waals surface area contributed by atoms with E-state index in [2.05, 4.69) is 6.92 Å².